The summed E-state index contributed by atoms with van der Waals surface area (Å²) < 4.78 is 0. The molecule has 0 aromatic heterocycles. The van der Waals surface area contributed by atoms with Crippen molar-refractivity contribution in [3.05, 3.63) is 35.7 Å². The summed E-state index contributed by atoms with van der Waals surface area (Å²) in [5.74, 6) is 1.27. The Morgan fingerprint density at radius 2 is 2.27 bits per heavy atom. The number of rotatable bonds is 1. The monoisotopic (exact) mass is 200 g/mol. The van der Waals surface area contributed by atoms with Crippen LogP contribution in [0.3, 0.4) is 0 Å². The lowest BCUT2D eigenvalue weighted by atomic mass is 10.1. The highest BCUT2D eigenvalue weighted by Crippen LogP contribution is 2.32. The van der Waals surface area contributed by atoms with Crippen LogP contribution in [0.4, 0.5) is 0 Å². The van der Waals surface area contributed by atoms with E-state index >= 15 is 0 Å². The van der Waals surface area contributed by atoms with Gasteiger partial charge in [0.1, 0.15) is 5.82 Å². The van der Waals surface area contributed by atoms with Gasteiger partial charge in [-0.15, -0.1) is 0 Å². The number of nitrogens with zero attached hydrogens (tertiary/aromatic N) is 2. The van der Waals surface area contributed by atoms with E-state index in [2.05, 4.69) is 40.4 Å². The molecule has 0 spiro atoms. The molecule has 0 N–H and O–H groups in total. The summed E-state index contributed by atoms with van der Waals surface area (Å²) in [4.78, 5) is 7.03. The molecule has 2 heteroatoms. The standard InChI is InChI=1S/C13H16N2/c1-2-6-12(7-3-1)15-10-8-11-5-4-9-14-13(11)15/h1-3,6,9,12H,4-5,7-8,10H2/t12-/m0/s1. The first-order chi connectivity index (χ1) is 7.45. The highest BCUT2D eigenvalue weighted by Gasteiger charge is 2.27. The van der Waals surface area contributed by atoms with Gasteiger partial charge in [-0.3, -0.25) is 0 Å². The normalized spacial score (nSPS) is 28.8. The van der Waals surface area contributed by atoms with Gasteiger partial charge in [0.2, 0.25) is 0 Å². The van der Waals surface area contributed by atoms with Crippen LogP contribution in [0.1, 0.15) is 25.7 Å². The lowest BCUT2D eigenvalue weighted by molar-refractivity contribution is 0.315. The van der Waals surface area contributed by atoms with Gasteiger partial charge in [0.25, 0.3) is 0 Å². The number of aliphatic imine (C=N–C) groups is 1. The van der Waals surface area contributed by atoms with Crippen LogP contribution in [0.2, 0.25) is 0 Å². The first-order valence-electron chi connectivity index (χ1n) is 5.80. The molecule has 0 saturated carbocycles. The fourth-order valence-corrected chi connectivity index (χ4v) is 2.59. The Balaban J connectivity index is 1.83. The molecule has 0 amide bonds. The molecule has 0 unspecified atom stereocenters. The Bertz CT molecular complexity index is 374. The van der Waals surface area contributed by atoms with Gasteiger partial charge in [0.15, 0.2) is 0 Å². The van der Waals surface area contributed by atoms with Crippen molar-refractivity contribution in [2.75, 3.05) is 6.54 Å². The topological polar surface area (TPSA) is 15.6 Å². The van der Waals surface area contributed by atoms with Gasteiger partial charge in [-0.25, -0.2) is 4.99 Å². The van der Waals surface area contributed by atoms with E-state index in [9.17, 15) is 0 Å². The Labute approximate surface area is 90.7 Å². The van der Waals surface area contributed by atoms with E-state index in [-0.39, 0.29) is 0 Å². The molecule has 1 atom stereocenters. The summed E-state index contributed by atoms with van der Waals surface area (Å²) in [6.45, 7) is 1.16. The van der Waals surface area contributed by atoms with E-state index in [1.54, 1.807) is 5.57 Å². The summed E-state index contributed by atoms with van der Waals surface area (Å²) in [5.41, 5.74) is 1.57. The second-order valence-electron chi connectivity index (χ2n) is 4.34. The van der Waals surface area contributed by atoms with Gasteiger partial charge >= 0.3 is 0 Å². The van der Waals surface area contributed by atoms with Crippen LogP contribution in [0.15, 0.2) is 40.7 Å². The highest BCUT2D eigenvalue weighted by molar-refractivity contribution is 5.62. The second kappa shape index (κ2) is 3.69. The number of hydrogen-bond acceptors (Lipinski definition) is 2. The van der Waals surface area contributed by atoms with E-state index in [1.807, 2.05) is 0 Å². The summed E-state index contributed by atoms with van der Waals surface area (Å²) in [7, 11) is 0. The van der Waals surface area contributed by atoms with Crippen LogP contribution in [0.5, 0.6) is 0 Å². The lowest BCUT2D eigenvalue weighted by Crippen LogP contribution is -2.31. The van der Waals surface area contributed by atoms with Gasteiger partial charge in [0, 0.05) is 12.8 Å². The molecule has 0 bridgehead atoms. The first-order valence-corrected chi connectivity index (χ1v) is 5.80. The number of allylic oxidation sites excluding steroid dienone is 2. The molecule has 0 fully saturated rings. The largest absolute Gasteiger partial charge is 0.350 e. The molecule has 2 heterocycles. The molecule has 0 aromatic rings. The highest BCUT2D eigenvalue weighted by atomic mass is 15.3. The molecular weight excluding hydrogens is 184 g/mol. The van der Waals surface area contributed by atoms with Crippen molar-refractivity contribution in [3.8, 4) is 0 Å². The zero-order valence-electron chi connectivity index (χ0n) is 8.89. The minimum atomic E-state index is 0.540. The molecule has 3 aliphatic rings. The second-order valence-corrected chi connectivity index (χ2v) is 4.34. The zero-order valence-corrected chi connectivity index (χ0v) is 8.89. The smallest absolute Gasteiger partial charge is 0.127 e. The molecule has 0 radical (unpaired) electrons. The zero-order chi connectivity index (χ0) is 10.1. The molecule has 0 aromatic carbocycles. The quantitative estimate of drug-likeness (QED) is 0.635. The molecule has 3 rings (SSSR count). The number of hydrogen-bond donors (Lipinski definition) is 0. The minimum Gasteiger partial charge on any atom is -0.350 e. The van der Waals surface area contributed by atoms with Crippen molar-refractivity contribution in [1.29, 1.82) is 0 Å². The van der Waals surface area contributed by atoms with Crippen LogP contribution in [0.25, 0.3) is 0 Å². The van der Waals surface area contributed by atoms with Crippen LogP contribution in [-0.2, 0) is 0 Å². The predicted molar refractivity (Wildman–Crippen MR) is 62.8 cm³/mol. The average Bonchev–Trinajstić information content (AvgIpc) is 2.74. The molecule has 15 heavy (non-hydrogen) atoms. The minimum absolute atomic E-state index is 0.540. The van der Waals surface area contributed by atoms with Gasteiger partial charge < -0.3 is 4.90 Å². The summed E-state index contributed by atoms with van der Waals surface area (Å²) >= 11 is 0. The third-order valence-electron chi connectivity index (χ3n) is 3.39. The van der Waals surface area contributed by atoms with Gasteiger partial charge in [-0.1, -0.05) is 24.3 Å². The van der Waals surface area contributed by atoms with E-state index < -0.39 is 0 Å². The average molecular weight is 200 g/mol. The maximum absolute atomic E-state index is 4.57. The summed E-state index contributed by atoms with van der Waals surface area (Å²) in [6.07, 6.45) is 15.6. The van der Waals surface area contributed by atoms with Gasteiger partial charge in [-0.05, 0) is 31.3 Å². The van der Waals surface area contributed by atoms with E-state index in [1.165, 1.54) is 18.7 Å². The third-order valence-corrected chi connectivity index (χ3v) is 3.39. The Hall–Kier alpha value is -1.31. The molecule has 2 nitrogen and oxygen atoms in total. The third kappa shape index (κ3) is 1.54. The van der Waals surface area contributed by atoms with Crippen LogP contribution in [-0.4, -0.2) is 23.7 Å². The summed E-state index contributed by atoms with van der Waals surface area (Å²) in [5, 5.41) is 0. The van der Waals surface area contributed by atoms with Crippen LogP contribution in [0, 0.1) is 0 Å². The molecular formula is C13H16N2. The molecule has 78 valence electrons. The van der Waals surface area contributed by atoms with Crippen molar-refractivity contribution >= 4 is 6.21 Å². The summed E-state index contributed by atoms with van der Waals surface area (Å²) in [6, 6.07) is 0.540. The molecule has 1 aliphatic carbocycles. The van der Waals surface area contributed by atoms with Crippen molar-refractivity contribution in [1.82, 2.24) is 4.90 Å². The van der Waals surface area contributed by atoms with Crippen LogP contribution < -0.4 is 0 Å². The Morgan fingerprint density at radius 1 is 1.27 bits per heavy atom. The van der Waals surface area contributed by atoms with Crippen molar-refractivity contribution in [2.45, 2.75) is 31.7 Å². The van der Waals surface area contributed by atoms with E-state index in [0.29, 0.717) is 6.04 Å². The Morgan fingerprint density at radius 3 is 3.13 bits per heavy atom. The van der Waals surface area contributed by atoms with Crippen molar-refractivity contribution < 1.29 is 0 Å². The van der Waals surface area contributed by atoms with E-state index in [0.717, 1.165) is 19.4 Å². The predicted octanol–water partition coefficient (Wildman–Crippen LogP) is 2.65. The van der Waals surface area contributed by atoms with Crippen molar-refractivity contribution in [3.63, 3.8) is 0 Å². The maximum Gasteiger partial charge on any atom is 0.127 e. The fraction of sp³-hybridized carbons (Fsp3) is 0.462. The van der Waals surface area contributed by atoms with Crippen molar-refractivity contribution in [2.24, 2.45) is 4.99 Å². The lowest BCUT2D eigenvalue weighted by Gasteiger charge is -2.29. The molecule has 2 aliphatic heterocycles. The maximum atomic E-state index is 4.57. The molecule has 0 saturated heterocycles. The van der Waals surface area contributed by atoms with Crippen LogP contribution >= 0.6 is 0 Å². The van der Waals surface area contributed by atoms with E-state index in [4.69, 9.17) is 0 Å². The van der Waals surface area contributed by atoms with Gasteiger partial charge in [-0.2, -0.15) is 0 Å². The Kier molecular flexibility index (Phi) is 2.20. The first kappa shape index (κ1) is 8.96. The fourth-order valence-electron chi connectivity index (χ4n) is 2.59. The SMILES string of the molecule is C1=CC[C@@H](N2CCC3=C2N=CCC3)C=C1. The van der Waals surface area contributed by atoms with Gasteiger partial charge in [0.05, 0.1) is 6.04 Å².